The number of carbonyl (C=O) groups is 1. The van der Waals surface area contributed by atoms with Gasteiger partial charge in [-0.3, -0.25) is 9.59 Å². The van der Waals surface area contributed by atoms with Crippen molar-refractivity contribution < 1.29 is 4.79 Å². The molecule has 0 bridgehead atoms. The Kier molecular flexibility index (Phi) is 4.41. The number of fused-ring (bicyclic) bond motifs is 3. The number of halogens is 1. The van der Waals surface area contributed by atoms with Gasteiger partial charge in [-0.15, -0.1) is 0 Å². The fourth-order valence-corrected chi connectivity index (χ4v) is 3.32. The van der Waals surface area contributed by atoms with Crippen molar-refractivity contribution >= 4 is 34.1 Å². The smallest absolute Gasteiger partial charge is 0.259 e. The van der Waals surface area contributed by atoms with E-state index in [0.717, 1.165) is 5.56 Å². The summed E-state index contributed by atoms with van der Waals surface area (Å²) in [7, 11) is 0. The van der Waals surface area contributed by atoms with E-state index in [0.29, 0.717) is 33.6 Å². The van der Waals surface area contributed by atoms with Crippen LogP contribution in [0, 0.1) is 0 Å². The van der Waals surface area contributed by atoms with Crippen LogP contribution >= 0.6 is 11.6 Å². The summed E-state index contributed by atoms with van der Waals surface area (Å²) in [4.78, 5) is 28.0. The lowest BCUT2D eigenvalue weighted by Crippen LogP contribution is -2.28. The van der Waals surface area contributed by atoms with Gasteiger partial charge in [0.1, 0.15) is 11.2 Å². The van der Waals surface area contributed by atoms with Crippen LogP contribution in [-0.4, -0.2) is 20.5 Å². The summed E-state index contributed by atoms with van der Waals surface area (Å²) < 4.78 is 1.58. The predicted molar refractivity (Wildman–Crippen MR) is 105 cm³/mol. The number of aromatic amines is 1. The number of H-pyrrole nitrogens is 1. The van der Waals surface area contributed by atoms with E-state index < -0.39 is 0 Å². The molecule has 0 aliphatic carbocycles. The number of nitrogens with one attached hydrogen (secondary N) is 2. The normalized spacial score (nSPS) is 12.4. The molecule has 0 aliphatic heterocycles. The van der Waals surface area contributed by atoms with E-state index in [9.17, 15) is 9.59 Å². The van der Waals surface area contributed by atoms with Crippen LogP contribution in [0.3, 0.4) is 0 Å². The van der Waals surface area contributed by atoms with Crippen LogP contribution in [0.5, 0.6) is 0 Å². The van der Waals surface area contributed by atoms with Crippen LogP contribution < -0.4 is 10.9 Å². The lowest BCUT2D eigenvalue weighted by Gasteiger charge is -2.17. The third-order valence-electron chi connectivity index (χ3n) is 4.61. The quantitative estimate of drug-likeness (QED) is 0.566. The minimum absolute atomic E-state index is 0.170. The predicted octanol–water partition coefficient (Wildman–Crippen LogP) is 3.71. The van der Waals surface area contributed by atoms with Crippen molar-refractivity contribution in [2.75, 3.05) is 0 Å². The van der Waals surface area contributed by atoms with Crippen molar-refractivity contribution in [1.82, 2.24) is 19.9 Å². The molecule has 136 valence electrons. The third-order valence-corrected chi connectivity index (χ3v) is 4.86. The Morgan fingerprint density at radius 2 is 1.96 bits per heavy atom. The molecule has 4 rings (SSSR count). The number of carbonyl (C=O) groups excluding carboxylic acids is 1. The fraction of sp³-hybridized carbons (Fsp3) is 0.150. The summed E-state index contributed by atoms with van der Waals surface area (Å²) in [6.07, 6.45) is 2.19. The van der Waals surface area contributed by atoms with E-state index in [1.165, 1.54) is 6.20 Å². The van der Waals surface area contributed by atoms with Gasteiger partial charge in [-0.1, -0.05) is 42.8 Å². The summed E-state index contributed by atoms with van der Waals surface area (Å²) in [5.41, 5.74) is 2.07. The standard InChI is InChI=1S/C20H17ClN4O2/c1-2-16(12-7-9-13(21)10-8-12)23-20(27)15-11-22-25-17-6-4-3-5-14(17)19(26)24-18(15)25/h3-11,16H,2H2,1H3,(H,23,27)(H,24,26). The first-order valence-electron chi connectivity index (χ1n) is 8.63. The number of rotatable bonds is 4. The summed E-state index contributed by atoms with van der Waals surface area (Å²) in [6, 6.07) is 14.4. The van der Waals surface area contributed by atoms with Gasteiger partial charge in [-0.05, 0) is 36.2 Å². The molecule has 0 fully saturated rings. The van der Waals surface area contributed by atoms with E-state index in [4.69, 9.17) is 11.6 Å². The van der Waals surface area contributed by atoms with E-state index in [1.54, 1.807) is 34.8 Å². The molecule has 0 aliphatic rings. The Morgan fingerprint density at radius 3 is 2.70 bits per heavy atom. The molecule has 2 N–H and O–H groups in total. The molecular formula is C20H17ClN4O2. The lowest BCUT2D eigenvalue weighted by atomic mass is 10.0. The first-order valence-corrected chi connectivity index (χ1v) is 9.01. The molecule has 0 spiro atoms. The summed E-state index contributed by atoms with van der Waals surface area (Å²) in [6.45, 7) is 1.99. The lowest BCUT2D eigenvalue weighted by molar-refractivity contribution is 0.0937. The molecule has 6 nitrogen and oxygen atoms in total. The maximum atomic E-state index is 12.9. The largest absolute Gasteiger partial charge is 0.345 e. The zero-order chi connectivity index (χ0) is 19.0. The molecule has 2 heterocycles. The topological polar surface area (TPSA) is 79.3 Å². The van der Waals surface area contributed by atoms with Crippen molar-refractivity contribution in [3.05, 3.63) is 81.2 Å². The molecule has 1 unspecified atom stereocenters. The monoisotopic (exact) mass is 380 g/mol. The van der Waals surface area contributed by atoms with Gasteiger partial charge < -0.3 is 10.3 Å². The number of hydrogen-bond donors (Lipinski definition) is 2. The van der Waals surface area contributed by atoms with Gasteiger partial charge in [-0.25, -0.2) is 4.52 Å². The van der Waals surface area contributed by atoms with Crippen molar-refractivity contribution in [1.29, 1.82) is 0 Å². The molecule has 4 aromatic rings. The second-order valence-corrected chi connectivity index (χ2v) is 6.71. The maximum absolute atomic E-state index is 12.9. The Morgan fingerprint density at radius 1 is 1.22 bits per heavy atom. The molecular weight excluding hydrogens is 364 g/mol. The second kappa shape index (κ2) is 6.89. The highest BCUT2D eigenvalue weighted by Crippen LogP contribution is 2.21. The number of aromatic nitrogens is 3. The molecule has 7 heteroatoms. The molecule has 0 saturated heterocycles. The molecule has 0 radical (unpaired) electrons. The van der Waals surface area contributed by atoms with Gasteiger partial charge >= 0.3 is 0 Å². The van der Waals surface area contributed by atoms with Crippen molar-refractivity contribution in [2.45, 2.75) is 19.4 Å². The summed E-state index contributed by atoms with van der Waals surface area (Å²) in [5, 5.41) is 8.47. The number of benzene rings is 2. The number of nitrogens with zero attached hydrogens (tertiary/aromatic N) is 2. The zero-order valence-corrected chi connectivity index (χ0v) is 15.3. The third kappa shape index (κ3) is 3.08. The van der Waals surface area contributed by atoms with Crippen LogP contribution in [0.2, 0.25) is 5.02 Å². The average molecular weight is 381 g/mol. The number of para-hydroxylation sites is 1. The first kappa shape index (κ1) is 17.3. The van der Waals surface area contributed by atoms with Gasteiger partial charge in [0, 0.05) is 5.02 Å². The first-order chi connectivity index (χ1) is 13.1. The van der Waals surface area contributed by atoms with Crippen LogP contribution in [0.25, 0.3) is 16.6 Å². The molecule has 27 heavy (non-hydrogen) atoms. The molecule has 0 saturated carbocycles. The summed E-state index contributed by atoms with van der Waals surface area (Å²) in [5.74, 6) is -0.294. The highest BCUT2D eigenvalue weighted by molar-refractivity contribution is 6.30. The van der Waals surface area contributed by atoms with Crippen molar-refractivity contribution in [2.24, 2.45) is 0 Å². The molecule has 1 atom stereocenters. The van der Waals surface area contributed by atoms with Gasteiger partial charge in [0.25, 0.3) is 11.5 Å². The average Bonchev–Trinajstić information content (AvgIpc) is 3.11. The fourth-order valence-electron chi connectivity index (χ4n) is 3.19. The number of amides is 1. The Balaban J connectivity index is 1.72. The number of hydrogen-bond acceptors (Lipinski definition) is 3. The maximum Gasteiger partial charge on any atom is 0.259 e. The van der Waals surface area contributed by atoms with Crippen molar-refractivity contribution in [3.63, 3.8) is 0 Å². The van der Waals surface area contributed by atoms with E-state index in [1.807, 2.05) is 25.1 Å². The van der Waals surface area contributed by atoms with Gasteiger partial charge in [0.15, 0.2) is 0 Å². The van der Waals surface area contributed by atoms with E-state index in [2.05, 4.69) is 15.4 Å². The Bertz CT molecular complexity index is 1190. The van der Waals surface area contributed by atoms with Gasteiger partial charge in [-0.2, -0.15) is 5.10 Å². The van der Waals surface area contributed by atoms with E-state index >= 15 is 0 Å². The van der Waals surface area contributed by atoms with Crippen LogP contribution in [0.4, 0.5) is 0 Å². The van der Waals surface area contributed by atoms with Crippen LogP contribution in [-0.2, 0) is 0 Å². The molecule has 2 aromatic carbocycles. The zero-order valence-electron chi connectivity index (χ0n) is 14.6. The SMILES string of the molecule is CCC(NC(=O)c1cnn2c1[nH]c(=O)c1ccccc12)c1ccc(Cl)cc1. The molecule has 1 amide bonds. The second-order valence-electron chi connectivity index (χ2n) is 6.28. The highest BCUT2D eigenvalue weighted by Gasteiger charge is 2.19. The Hall–Kier alpha value is -3.12. The highest BCUT2D eigenvalue weighted by atomic mass is 35.5. The van der Waals surface area contributed by atoms with Crippen molar-refractivity contribution in [3.8, 4) is 0 Å². The van der Waals surface area contributed by atoms with Gasteiger partial charge in [0.05, 0.1) is 23.1 Å². The van der Waals surface area contributed by atoms with Crippen LogP contribution in [0.15, 0.2) is 59.5 Å². The van der Waals surface area contributed by atoms with E-state index in [-0.39, 0.29) is 17.5 Å². The van der Waals surface area contributed by atoms with Crippen LogP contribution in [0.1, 0.15) is 35.3 Å². The summed E-state index contributed by atoms with van der Waals surface area (Å²) >= 11 is 5.94. The Labute approximate surface area is 159 Å². The van der Waals surface area contributed by atoms with Gasteiger partial charge in [0.2, 0.25) is 0 Å². The minimum atomic E-state index is -0.294. The molecule has 2 aromatic heterocycles. The minimum Gasteiger partial charge on any atom is -0.345 e.